The minimum Gasteiger partial charge on any atom is -0.495 e. The average Bonchev–Trinajstić information content (AvgIpc) is 2.38. The molecule has 2 rings (SSSR count). The second kappa shape index (κ2) is 5.43. The molecule has 1 heterocycles. The first-order valence-electron chi connectivity index (χ1n) is 5.84. The second-order valence-corrected chi connectivity index (χ2v) is 3.89. The Hall–Kier alpha value is -2.50. The van der Waals surface area contributed by atoms with Crippen molar-refractivity contribution in [3.05, 3.63) is 40.4 Å². The number of hydrogen-bond donors (Lipinski definition) is 2. The summed E-state index contributed by atoms with van der Waals surface area (Å²) in [5, 5.41) is 0. The molecule has 0 saturated heterocycles. The van der Waals surface area contributed by atoms with Gasteiger partial charge in [-0.15, -0.1) is 0 Å². The molecule has 6 heteroatoms. The molecule has 3 N–H and O–H groups in total. The van der Waals surface area contributed by atoms with E-state index in [-0.39, 0.29) is 11.4 Å². The molecule has 0 unspecified atom stereocenters. The quantitative estimate of drug-likeness (QED) is 0.818. The Morgan fingerprint density at radius 3 is 2.79 bits per heavy atom. The number of aryl methyl sites for hydroxylation is 1. The smallest absolute Gasteiger partial charge is 0.254 e. The maximum absolute atomic E-state index is 11.4. The van der Waals surface area contributed by atoms with Crippen LogP contribution in [0, 0.1) is 0 Å². The van der Waals surface area contributed by atoms with Crippen molar-refractivity contribution in [1.82, 2.24) is 9.97 Å². The lowest BCUT2D eigenvalue weighted by molar-refractivity contribution is 0.414. The van der Waals surface area contributed by atoms with Crippen LogP contribution in [0.1, 0.15) is 12.7 Å². The zero-order valence-electron chi connectivity index (χ0n) is 10.8. The summed E-state index contributed by atoms with van der Waals surface area (Å²) in [6.45, 7) is 1.90. The Balaban J connectivity index is 2.28. The van der Waals surface area contributed by atoms with E-state index in [9.17, 15) is 4.79 Å². The molecule has 2 aromatic rings. The number of aromatic nitrogens is 2. The molecular weight excluding hydrogens is 246 g/mol. The van der Waals surface area contributed by atoms with Gasteiger partial charge < -0.3 is 20.2 Å². The Morgan fingerprint density at radius 1 is 1.37 bits per heavy atom. The SMILES string of the molecule is CCc1nc(Oc2ccc(OC)c(N)c2)cc(=O)[nH]1. The number of rotatable bonds is 4. The number of anilines is 1. The number of nitrogens with two attached hydrogens (primary N) is 1. The highest BCUT2D eigenvalue weighted by Gasteiger charge is 2.05. The summed E-state index contributed by atoms with van der Waals surface area (Å²) in [6.07, 6.45) is 0.622. The molecule has 0 aliphatic heterocycles. The largest absolute Gasteiger partial charge is 0.495 e. The Labute approximate surface area is 110 Å². The number of methoxy groups -OCH3 is 1. The van der Waals surface area contributed by atoms with Crippen molar-refractivity contribution in [2.75, 3.05) is 12.8 Å². The third-order valence-corrected chi connectivity index (χ3v) is 2.53. The van der Waals surface area contributed by atoms with Gasteiger partial charge in [-0.05, 0) is 12.1 Å². The van der Waals surface area contributed by atoms with E-state index in [4.69, 9.17) is 15.2 Å². The van der Waals surface area contributed by atoms with Gasteiger partial charge in [0.2, 0.25) is 5.88 Å². The van der Waals surface area contributed by atoms with Gasteiger partial charge in [-0.2, -0.15) is 4.98 Å². The first kappa shape index (κ1) is 12.9. The van der Waals surface area contributed by atoms with Crippen LogP contribution in [0.3, 0.4) is 0 Å². The third kappa shape index (κ3) is 3.04. The molecule has 0 atom stereocenters. The lowest BCUT2D eigenvalue weighted by Crippen LogP contribution is -2.10. The molecular formula is C13H15N3O3. The zero-order valence-corrected chi connectivity index (χ0v) is 10.8. The molecule has 19 heavy (non-hydrogen) atoms. The van der Waals surface area contributed by atoms with Crippen LogP contribution in [0.25, 0.3) is 0 Å². The van der Waals surface area contributed by atoms with Crippen molar-refractivity contribution in [2.24, 2.45) is 0 Å². The van der Waals surface area contributed by atoms with Crippen LogP contribution in [0.15, 0.2) is 29.1 Å². The summed E-state index contributed by atoms with van der Waals surface area (Å²) in [7, 11) is 1.54. The van der Waals surface area contributed by atoms with Crippen molar-refractivity contribution >= 4 is 5.69 Å². The maximum Gasteiger partial charge on any atom is 0.254 e. The molecule has 0 amide bonds. The number of H-pyrrole nitrogens is 1. The normalized spacial score (nSPS) is 10.2. The number of nitrogens with zero attached hydrogens (tertiary/aromatic N) is 1. The monoisotopic (exact) mass is 261 g/mol. The highest BCUT2D eigenvalue weighted by Crippen LogP contribution is 2.28. The van der Waals surface area contributed by atoms with Gasteiger partial charge in [-0.1, -0.05) is 6.92 Å². The standard InChI is InChI=1S/C13H15N3O3/c1-3-11-15-12(17)7-13(16-11)19-8-4-5-10(18-2)9(14)6-8/h4-7H,3,14H2,1-2H3,(H,15,16,17). The van der Waals surface area contributed by atoms with Gasteiger partial charge in [-0.3, -0.25) is 4.79 Å². The lowest BCUT2D eigenvalue weighted by atomic mass is 10.3. The predicted octanol–water partition coefficient (Wildman–Crippen LogP) is 1.72. The average molecular weight is 261 g/mol. The molecule has 0 saturated carbocycles. The van der Waals surface area contributed by atoms with Gasteiger partial charge in [0, 0.05) is 12.5 Å². The van der Waals surface area contributed by atoms with Crippen molar-refractivity contribution in [2.45, 2.75) is 13.3 Å². The summed E-state index contributed by atoms with van der Waals surface area (Å²) in [5.74, 6) is 1.88. The van der Waals surface area contributed by atoms with Crippen molar-refractivity contribution in [1.29, 1.82) is 0 Å². The minimum absolute atomic E-state index is 0.241. The molecule has 1 aromatic heterocycles. The number of ether oxygens (including phenoxy) is 2. The number of aromatic amines is 1. The Morgan fingerprint density at radius 2 is 2.16 bits per heavy atom. The van der Waals surface area contributed by atoms with Crippen LogP contribution < -0.4 is 20.8 Å². The fourth-order valence-corrected chi connectivity index (χ4v) is 1.60. The van der Waals surface area contributed by atoms with Crippen LogP contribution in [-0.4, -0.2) is 17.1 Å². The second-order valence-electron chi connectivity index (χ2n) is 3.89. The lowest BCUT2D eigenvalue weighted by Gasteiger charge is -2.08. The van der Waals surface area contributed by atoms with E-state index in [0.717, 1.165) is 0 Å². The van der Waals surface area contributed by atoms with Gasteiger partial charge in [0.15, 0.2) is 0 Å². The van der Waals surface area contributed by atoms with Crippen LogP contribution in [0.2, 0.25) is 0 Å². The van der Waals surface area contributed by atoms with E-state index in [0.29, 0.717) is 29.4 Å². The molecule has 0 bridgehead atoms. The predicted molar refractivity (Wildman–Crippen MR) is 71.7 cm³/mol. The van der Waals surface area contributed by atoms with Gasteiger partial charge in [0.05, 0.1) is 18.9 Å². The van der Waals surface area contributed by atoms with Gasteiger partial charge >= 0.3 is 0 Å². The van der Waals surface area contributed by atoms with Gasteiger partial charge in [0.25, 0.3) is 5.56 Å². The van der Waals surface area contributed by atoms with E-state index in [1.54, 1.807) is 18.2 Å². The summed E-state index contributed by atoms with van der Waals surface area (Å²) >= 11 is 0. The van der Waals surface area contributed by atoms with E-state index in [2.05, 4.69) is 9.97 Å². The minimum atomic E-state index is -0.247. The molecule has 0 radical (unpaired) electrons. The fourth-order valence-electron chi connectivity index (χ4n) is 1.60. The van der Waals surface area contributed by atoms with E-state index >= 15 is 0 Å². The van der Waals surface area contributed by atoms with Crippen LogP contribution in [0.4, 0.5) is 5.69 Å². The van der Waals surface area contributed by atoms with Gasteiger partial charge in [0.1, 0.15) is 17.3 Å². The number of hydrogen-bond acceptors (Lipinski definition) is 5. The summed E-state index contributed by atoms with van der Waals surface area (Å²) in [6, 6.07) is 6.30. The molecule has 6 nitrogen and oxygen atoms in total. The van der Waals surface area contributed by atoms with Crippen molar-refractivity contribution in [3.63, 3.8) is 0 Å². The summed E-state index contributed by atoms with van der Waals surface area (Å²) in [5.41, 5.74) is 5.99. The topological polar surface area (TPSA) is 90.2 Å². The Kier molecular flexibility index (Phi) is 3.70. The first-order valence-corrected chi connectivity index (χ1v) is 5.84. The van der Waals surface area contributed by atoms with Crippen LogP contribution in [0.5, 0.6) is 17.4 Å². The Bertz CT molecular complexity index is 637. The van der Waals surface area contributed by atoms with Crippen LogP contribution in [-0.2, 0) is 6.42 Å². The molecule has 0 aliphatic carbocycles. The third-order valence-electron chi connectivity index (χ3n) is 2.53. The summed E-state index contributed by atoms with van der Waals surface area (Å²) < 4.78 is 10.6. The molecule has 0 fully saturated rings. The highest BCUT2D eigenvalue weighted by atomic mass is 16.5. The zero-order chi connectivity index (χ0) is 13.8. The van der Waals surface area contributed by atoms with Crippen LogP contribution >= 0.6 is 0 Å². The number of nitrogens with one attached hydrogen (secondary N) is 1. The van der Waals surface area contributed by atoms with E-state index < -0.39 is 0 Å². The van der Waals surface area contributed by atoms with E-state index in [1.165, 1.54) is 13.2 Å². The maximum atomic E-state index is 11.4. The van der Waals surface area contributed by atoms with E-state index in [1.807, 2.05) is 6.92 Å². The first-order chi connectivity index (χ1) is 9.12. The molecule has 1 aromatic carbocycles. The highest BCUT2D eigenvalue weighted by molar-refractivity contribution is 5.56. The molecule has 0 spiro atoms. The number of benzene rings is 1. The molecule has 100 valence electrons. The molecule has 0 aliphatic rings. The van der Waals surface area contributed by atoms with Crippen molar-refractivity contribution in [3.8, 4) is 17.4 Å². The van der Waals surface area contributed by atoms with Crippen molar-refractivity contribution < 1.29 is 9.47 Å². The summed E-state index contributed by atoms with van der Waals surface area (Å²) in [4.78, 5) is 18.2. The van der Waals surface area contributed by atoms with Gasteiger partial charge in [-0.25, -0.2) is 0 Å². The number of nitrogen functional groups attached to an aromatic ring is 1. The fraction of sp³-hybridized carbons (Fsp3) is 0.231.